The lowest BCUT2D eigenvalue weighted by molar-refractivity contribution is -0.143. The minimum Gasteiger partial charge on any atom is -0.444 e. The van der Waals surface area contributed by atoms with Crippen molar-refractivity contribution in [1.82, 2.24) is 14.7 Å². The Labute approximate surface area is 240 Å². The lowest BCUT2D eigenvalue weighted by Crippen LogP contribution is -2.48. The van der Waals surface area contributed by atoms with Gasteiger partial charge < -0.3 is 19.3 Å². The molecule has 4 amide bonds. The number of rotatable bonds is 5. The molecular formula is C29H31BrFN3O6. The quantitative estimate of drug-likeness (QED) is 0.482. The van der Waals surface area contributed by atoms with Crippen molar-refractivity contribution < 1.29 is 33.0 Å². The van der Waals surface area contributed by atoms with Crippen molar-refractivity contribution in [3.63, 3.8) is 0 Å². The smallest absolute Gasteiger partial charge is 0.418 e. The molecule has 40 heavy (non-hydrogen) atoms. The van der Waals surface area contributed by atoms with Crippen LogP contribution in [-0.2, 0) is 37.6 Å². The first-order chi connectivity index (χ1) is 18.9. The van der Waals surface area contributed by atoms with Gasteiger partial charge in [0.25, 0.3) is 5.91 Å². The van der Waals surface area contributed by atoms with Gasteiger partial charge in [0.1, 0.15) is 18.0 Å². The summed E-state index contributed by atoms with van der Waals surface area (Å²) >= 11 is 3.43. The summed E-state index contributed by atoms with van der Waals surface area (Å²) in [5.41, 5.74) is 0.120. The minimum absolute atomic E-state index is 0.116. The minimum atomic E-state index is -1.43. The molecule has 2 saturated heterocycles. The highest BCUT2D eigenvalue weighted by molar-refractivity contribution is 9.10. The predicted octanol–water partition coefficient (Wildman–Crippen LogP) is 4.75. The van der Waals surface area contributed by atoms with Gasteiger partial charge in [-0.25, -0.2) is 18.9 Å². The van der Waals surface area contributed by atoms with Crippen molar-refractivity contribution in [3.05, 3.63) is 69.4 Å². The Hall–Kier alpha value is -3.47. The van der Waals surface area contributed by atoms with Gasteiger partial charge in [0.15, 0.2) is 0 Å². The molecule has 2 aromatic carbocycles. The first-order valence-electron chi connectivity index (χ1n) is 13.2. The molecule has 9 nitrogen and oxygen atoms in total. The molecule has 0 aromatic heterocycles. The first kappa shape index (κ1) is 28.1. The molecule has 0 radical (unpaired) electrons. The van der Waals surface area contributed by atoms with Crippen molar-refractivity contribution in [2.24, 2.45) is 0 Å². The monoisotopic (exact) mass is 615 g/mol. The van der Waals surface area contributed by atoms with E-state index in [9.17, 15) is 23.6 Å². The molecule has 1 aliphatic carbocycles. The molecule has 0 bridgehead atoms. The summed E-state index contributed by atoms with van der Waals surface area (Å²) in [7, 11) is 0. The lowest BCUT2D eigenvalue weighted by atomic mass is 9.95. The van der Waals surface area contributed by atoms with Gasteiger partial charge in [0, 0.05) is 36.1 Å². The Morgan fingerprint density at radius 2 is 1.90 bits per heavy atom. The average molecular weight is 616 g/mol. The average Bonchev–Trinajstić information content (AvgIpc) is 3.56. The van der Waals surface area contributed by atoms with E-state index in [2.05, 4.69) is 15.9 Å². The van der Waals surface area contributed by atoms with Crippen LogP contribution in [0.5, 0.6) is 0 Å². The van der Waals surface area contributed by atoms with Crippen molar-refractivity contribution in [2.75, 3.05) is 19.6 Å². The Kier molecular flexibility index (Phi) is 7.37. The number of amides is 4. The fourth-order valence-electron chi connectivity index (χ4n) is 5.54. The number of carbonyl (C=O) groups excluding carboxylic acids is 4. The van der Waals surface area contributed by atoms with Gasteiger partial charge >= 0.3 is 12.2 Å². The third kappa shape index (κ3) is 5.43. The number of imide groups is 1. The van der Waals surface area contributed by atoms with Gasteiger partial charge in [0.05, 0.1) is 6.04 Å². The van der Waals surface area contributed by atoms with Gasteiger partial charge in [-0.3, -0.25) is 9.59 Å². The summed E-state index contributed by atoms with van der Waals surface area (Å²) < 4.78 is 25.6. The second-order valence-corrected chi connectivity index (χ2v) is 12.3. The molecule has 0 unspecified atom stereocenters. The van der Waals surface area contributed by atoms with Crippen LogP contribution in [0.15, 0.2) is 46.9 Å². The van der Waals surface area contributed by atoms with E-state index >= 15 is 0 Å². The molecule has 2 aromatic rings. The number of likely N-dealkylation sites (tertiary alicyclic amines) is 1. The molecule has 2 fully saturated rings. The van der Waals surface area contributed by atoms with Crippen LogP contribution in [0.25, 0.3) is 0 Å². The molecular weight excluding hydrogens is 585 g/mol. The van der Waals surface area contributed by atoms with Gasteiger partial charge in [0.2, 0.25) is 11.5 Å². The highest BCUT2D eigenvalue weighted by atomic mass is 79.9. The summed E-state index contributed by atoms with van der Waals surface area (Å²) in [6.07, 6.45) is 0.0143. The molecule has 0 N–H and O–H groups in total. The summed E-state index contributed by atoms with van der Waals surface area (Å²) in [4.78, 5) is 57.0. The zero-order chi connectivity index (χ0) is 28.8. The third-order valence-electron chi connectivity index (χ3n) is 7.46. The predicted molar refractivity (Wildman–Crippen MR) is 145 cm³/mol. The number of nitrogens with zero attached hydrogens (tertiary/aromatic N) is 3. The standard InChI is InChI=1S/C29H31BrFN3O6/c1-28(2,3)39-26(37)32-13-11-22(16-32)33(15-18-4-7-21(31)8-5-18)24(35)17-34-25(36)29(40-27(34)38)12-10-19-14-20(30)6-9-23(19)29/h4-9,14,22H,10-13,15-17H2,1-3H3/t22-,29-/m1/s1. The van der Waals surface area contributed by atoms with Crippen LogP contribution in [-0.4, -0.2) is 70.0 Å². The molecule has 2 heterocycles. The largest absolute Gasteiger partial charge is 0.444 e. The number of carbonyl (C=O) groups is 4. The normalized spacial score (nSPS) is 22.1. The Morgan fingerprint density at radius 1 is 1.18 bits per heavy atom. The highest BCUT2D eigenvalue weighted by Gasteiger charge is 2.58. The molecule has 3 aliphatic rings. The first-order valence-corrected chi connectivity index (χ1v) is 14.0. The van der Waals surface area contributed by atoms with Crippen LogP contribution < -0.4 is 0 Å². The number of benzene rings is 2. The summed E-state index contributed by atoms with van der Waals surface area (Å²) in [6, 6.07) is 10.8. The fraction of sp³-hybridized carbons (Fsp3) is 0.448. The molecule has 11 heteroatoms. The van der Waals surface area contributed by atoms with Crippen LogP contribution >= 0.6 is 15.9 Å². The molecule has 212 valence electrons. The van der Waals surface area contributed by atoms with Crippen LogP contribution in [0.1, 0.15) is 50.3 Å². The second-order valence-electron chi connectivity index (χ2n) is 11.4. The SMILES string of the molecule is CC(C)(C)OC(=O)N1CC[C@@H](N(Cc2ccc(F)cc2)C(=O)CN2C(=O)O[C@@]3(CCc4cc(Br)ccc43)C2=O)C1. The van der Waals surface area contributed by atoms with E-state index in [1.165, 1.54) is 12.1 Å². The maximum absolute atomic E-state index is 13.8. The van der Waals surface area contributed by atoms with Crippen LogP contribution in [0.4, 0.5) is 14.0 Å². The summed E-state index contributed by atoms with van der Waals surface area (Å²) in [5, 5.41) is 0. The summed E-state index contributed by atoms with van der Waals surface area (Å²) in [6.45, 7) is 5.57. The van der Waals surface area contributed by atoms with Crippen molar-refractivity contribution >= 4 is 39.9 Å². The number of aryl methyl sites for hydroxylation is 1. The number of halogens is 2. The zero-order valence-corrected chi connectivity index (χ0v) is 24.2. The third-order valence-corrected chi connectivity index (χ3v) is 7.95. The van der Waals surface area contributed by atoms with Crippen LogP contribution in [0, 0.1) is 5.82 Å². The molecule has 2 atom stereocenters. The Morgan fingerprint density at radius 3 is 2.60 bits per heavy atom. The van der Waals surface area contributed by atoms with E-state index in [4.69, 9.17) is 9.47 Å². The molecule has 0 saturated carbocycles. The van der Waals surface area contributed by atoms with Gasteiger partial charge in [-0.15, -0.1) is 0 Å². The Balaban J connectivity index is 1.36. The van der Waals surface area contributed by atoms with Crippen LogP contribution in [0.2, 0.25) is 0 Å². The van der Waals surface area contributed by atoms with Crippen LogP contribution in [0.3, 0.4) is 0 Å². The number of hydrogen-bond donors (Lipinski definition) is 0. The molecule has 5 rings (SSSR count). The molecule has 1 spiro atoms. The van der Waals surface area contributed by atoms with Gasteiger partial charge in [-0.05, 0) is 69.0 Å². The number of fused-ring (bicyclic) bond motifs is 2. The maximum Gasteiger partial charge on any atom is 0.418 e. The summed E-state index contributed by atoms with van der Waals surface area (Å²) in [5.74, 6) is -1.44. The maximum atomic E-state index is 13.8. The number of hydrogen-bond acceptors (Lipinski definition) is 6. The van der Waals surface area contributed by atoms with Crippen molar-refractivity contribution in [3.8, 4) is 0 Å². The van der Waals surface area contributed by atoms with Crippen molar-refractivity contribution in [2.45, 2.75) is 63.8 Å². The van der Waals surface area contributed by atoms with E-state index in [1.54, 1.807) is 54.8 Å². The molecule has 2 aliphatic heterocycles. The van der Waals surface area contributed by atoms with Crippen molar-refractivity contribution in [1.29, 1.82) is 0 Å². The number of ether oxygens (including phenoxy) is 2. The van der Waals surface area contributed by atoms with E-state index < -0.39 is 53.6 Å². The fourth-order valence-corrected chi connectivity index (χ4v) is 5.95. The second kappa shape index (κ2) is 10.5. The Bertz CT molecular complexity index is 1360. The van der Waals surface area contributed by atoms with Gasteiger partial charge in [-0.2, -0.15) is 0 Å². The lowest BCUT2D eigenvalue weighted by Gasteiger charge is -2.31. The van der Waals surface area contributed by atoms with E-state index in [-0.39, 0.29) is 13.1 Å². The van der Waals surface area contributed by atoms with E-state index in [0.717, 1.165) is 14.9 Å². The highest BCUT2D eigenvalue weighted by Crippen LogP contribution is 2.46. The topological polar surface area (TPSA) is 96.5 Å². The zero-order valence-electron chi connectivity index (χ0n) is 22.6. The van der Waals surface area contributed by atoms with Gasteiger partial charge in [-0.1, -0.05) is 34.1 Å². The van der Waals surface area contributed by atoms with E-state index in [0.29, 0.717) is 36.9 Å². The van der Waals surface area contributed by atoms with E-state index in [1.807, 2.05) is 6.07 Å².